The summed E-state index contributed by atoms with van der Waals surface area (Å²) in [5.41, 5.74) is 0.0256. The summed E-state index contributed by atoms with van der Waals surface area (Å²) in [6, 6.07) is 5.63. The second kappa shape index (κ2) is 6.52. The Hall–Kier alpha value is -1.48. The van der Waals surface area contributed by atoms with Crippen LogP contribution in [0, 0.1) is 0 Å². The second-order valence-corrected chi connectivity index (χ2v) is 7.01. The molecule has 1 amide bonds. The standard InChI is InChI=1S/C12H11ClN2O4S2/c1-19-6-11-14-10(7-20-11)12(16)15-21(17,18)9-4-2-3-8(13)5-9/h2-5,7H,6H2,1H3,(H,15,16). The number of thiazole rings is 1. The normalized spacial score (nSPS) is 11.3. The van der Waals surface area contributed by atoms with Crippen LogP contribution < -0.4 is 4.72 Å². The molecule has 1 aromatic heterocycles. The van der Waals surface area contributed by atoms with Crippen LogP contribution in [0.5, 0.6) is 0 Å². The van der Waals surface area contributed by atoms with Crippen molar-refractivity contribution in [3.8, 4) is 0 Å². The molecule has 21 heavy (non-hydrogen) atoms. The molecule has 0 radical (unpaired) electrons. The summed E-state index contributed by atoms with van der Waals surface area (Å²) in [5, 5.41) is 2.32. The molecule has 0 aliphatic carbocycles. The second-order valence-electron chi connectivity index (χ2n) is 3.95. The van der Waals surface area contributed by atoms with E-state index in [0.717, 1.165) is 0 Å². The van der Waals surface area contributed by atoms with Crippen molar-refractivity contribution < 1.29 is 17.9 Å². The molecular weight excluding hydrogens is 336 g/mol. The number of nitrogens with zero attached hydrogens (tertiary/aromatic N) is 1. The van der Waals surface area contributed by atoms with E-state index in [2.05, 4.69) is 4.98 Å². The maximum Gasteiger partial charge on any atom is 0.284 e. The summed E-state index contributed by atoms with van der Waals surface area (Å²) in [4.78, 5) is 15.8. The van der Waals surface area contributed by atoms with Gasteiger partial charge < -0.3 is 4.74 Å². The van der Waals surface area contributed by atoms with Gasteiger partial charge in [-0.2, -0.15) is 0 Å². The monoisotopic (exact) mass is 346 g/mol. The highest BCUT2D eigenvalue weighted by Gasteiger charge is 2.20. The molecule has 1 N–H and O–H groups in total. The van der Waals surface area contributed by atoms with Gasteiger partial charge in [-0.3, -0.25) is 4.79 Å². The number of sulfonamides is 1. The number of nitrogens with one attached hydrogen (secondary N) is 1. The van der Waals surface area contributed by atoms with E-state index >= 15 is 0 Å². The number of methoxy groups -OCH3 is 1. The Morgan fingerprint density at radius 3 is 2.90 bits per heavy atom. The van der Waals surface area contributed by atoms with E-state index in [-0.39, 0.29) is 22.2 Å². The maximum atomic E-state index is 12.1. The molecule has 0 saturated heterocycles. The maximum absolute atomic E-state index is 12.1. The Labute approximate surface area is 130 Å². The third-order valence-electron chi connectivity index (χ3n) is 2.39. The lowest BCUT2D eigenvalue weighted by molar-refractivity contribution is 0.0976. The van der Waals surface area contributed by atoms with Crippen LogP contribution in [0.3, 0.4) is 0 Å². The molecule has 2 aromatic rings. The highest BCUT2D eigenvalue weighted by molar-refractivity contribution is 7.90. The number of halogens is 1. The average Bonchev–Trinajstić information content (AvgIpc) is 2.87. The van der Waals surface area contributed by atoms with Crippen molar-refractivity contribution >= 4 is 38.9 Å². The molecule has 2 rings (SSSR count). The summed E-state index contributed by atoms with van der Waals surface area (Å²) in [7, 11) is -2.48. The summed E-state index contributed by atoms with van der Waals surface area (Å²) in [6.45, 7) is 0.263. The first-order chi connectivity index (χ1) is 9.92. The minimum atomic E-state index is -3.98. The van der Waals surface area contributed by atoms with Crippen molar-refractivity contribution in [2.75, 3.05) is 7.11 Å². The Kier molecular flexibility index (Phi) is 4.94. The topological polar surface area (TPSA) is 85.4 Å². The number of ether oxygens (including phenoxy) is 1. The third-order valence-corrected chi connectivity index (χ3v) is 4.77. The summed E-state index contributed by atoms with van der Waals surface area (Å²) >= 11 is 6.95. The van der Waals surface area contributed by atoms with Gasteiger partial charge in [0.2, 0.25) is 0 Å². The van der Waals surface area contributed by atoms with Gasteiger partial charge in [0, 0.05) is 17.5 Å². The predicted molar refractivity (Wildman–Crippen MR) is 78.9 cm³/mol. The Bertz CT molecular complexity index is 758. The SMILES string of the molecule is COCc1nc(C(=O)NS(=O)(=O)c2cccc(Cl)c2)cs1. The van der Waals surface area contributed by atoms with Crippen LogP contribution in [0.4, 0.5) is 0 Å². The van der Waals surface area contributed by atoms with Crippen LogP contribution in [0.15, 0.2) is 34.5 Å². The largest absolute Gasteiger partial charge is 0.378 e. The third kappa shape index (κ3) is 4.01. The number of rotatable bonds is 5. The molecule has 6 nitrogen and oxygen atoms in total. The number of carbonyl (C=O) groups excluding carboxylic acids is 1. The van der Waals surface area contributed by atoms with Gasteiger partial charge in [0.15, 0.2) is 0 Å². The number of hydrogen-bond donors (Lipinski definition) is 1. The van der Waals surface area contributed by atoms with E-state index in [0.29, 0.717) is 5.01 Å². The van der Waals surface area contributed by atoms with Crippen molar-refractivity contribution in [3.63, 3.8) is 0 Å². The summed E-state index contributed by atoms with van der Waals surface area (Å²) in [6.07, 6.45) is 0. The Morgan fingerprint density at radius 1 is 1.48 bits per heavy atom. The van der Waals surface area contributed by atoms with Gasteiger partial charge in [-0.1, -0.05) is 17.7 Å². The lowest BCUT2D eigenvalue weighted by Crippen LogP contribution is -2.30. The number of amides is 1. The minimum Gasteiger partial charge on any atom is -0.378 e. The van der Waals surface area contributed by atoms with E-state index in [4.69, 9.17) is 16.3 Å². The van der Waals surface area contributed by atoms with Gasteiger partial charge in [0.25, 0.3) is 15.9 Å². The summed E-state index contributed by atoms with van der Waals surface area (Å²) in [5.74, 6) is -0.798. The lowest BCUT2D eigenvalue weighted by Gasteiger charge is -2.05. The minimum absolute atomic E-state index is 0.0256. The molecule has 0 aliphatic heterocycles. The fraction of sp³-hybridized carbons (Fsp3) is 0.167. The van der Waals surface area contributed by atoms with E-state index in [1.807, 2.05) is 4.72 Å². The van der Waals surface area contributed by atoms with E-state index < -0.39 is 15.9 Å². The van der Waals surface area contributed by atoms with Crippen LogP contribution in [0.2, 0.25) is 5.02 Å². The van der Waals surface area contributed by atoms with Gasteiger partial charge in [-0.05, 0) is 18.2 Å². The van der Waals surface area contributed by atoms with Crippen molar-refractivity contribution in [1.29, 1.82) is 0 Å². The van der Waals surface area contributed by atoms with Crippen LogP contribution >= 0.6 is 22.9 Å². The first-order valence-electron chi connectivity index (χ1n) is 5.68. The molecule has 0 unspecified atom stereocenters. The van der Waals surface area contributed by atoms with Crippen molar-refractivity contribution in [2.24, 2.45) is 0 Å². The van der Waals surface area contributed by atoms with Crippen molar-refractivity contribution in [1.82, 2.24) is 9.71 Å². The molecule has 0 saturated carbocycles. The Balaban J connectivity index is 2.17. The molecule has 1 aromatic carbocycles. The number of benzene rings is 1. The lowest BCUT2D eigenvalue weighted by atomic mass is 10.4. The zero-order chi connectivity index (χ0) is 15.5. The quantitative estimate of drug-likeness (QED) is 0.895. The molecule has 0 spiro atoms. The fourth-order valence-electron chi connectivity index (χ4n) is 1.47. The molecule has 0 aliphatic rings. The number of hydrogen-bond acceptors (Lipinski definition) is 6. The van der Waals surface area contributed by atoms with Crippen molar-refractivity contribution in [3.05, 3.63) is 45.4 Å². The molecule has 0 fully saturated rings. The molecular formula is C12H11ClN2O4S2. The predicted octanol–water partition coefficient (Wildman–Crippen LogP) is 2.06. The van der Waals surface area contributed by atoms with Gasteiger partial charge >= 0.3 is 0 Å². The summed E-state index contributed by atoms with van der Waals surface area (Å²) < 4.78 is 31.0. The Morgan fingerprint density at radius 2 is 2.24 bits per heavy atom. The number of carbonyl (C=O) groups is 1. The number of aromatic nitrogens is 1. The van der Waals surface area contributed by atoms with Gasteiger partial charge in [-0.25, -0.2) is 18.1 Å². The smallest absolute Gasteiger partial charge is 0.284 e. The molecule has 112 valence electrons. The van der Waals surface area contributed by atoms with Crippen molar-refractivity contribution in [2.45, 2.75) is 11.5 Å². The zero-order valence-corrected chi connectivity index (χ0v) is 13.3. The van der Waals surface area contributed by atoms with Gasteiger partial charge in [0.1, 0.15) is 10.7 Å². The highest BCUT2D eigenvalue weighted by atomic mass is 35.5. The van der Waals surface area contributed by atoms with Gasteiger partial charge in [0.05, 0.1) is 11.5 Å². The van der Waals surface area contributed by atoms with Gasteiger partial charge in [-0.15, -0.1) is 11.3 Å². The first kappa shape index (κ1) is 15.9. The van der Waals surface area contributed by atoms with Crippen LogP contribution in [0.1, 0.15) is 15.5 Å². The molecule has 9 heteroatoms. The molecule has 0 bridgehead atoms. The van der Waals surface area contributed by atoms with Crippen LogP contribution in [0.25, 0.3) is 0 Å². The molecule has 1 heterocycles. The van der Waals surface area contributed by atoms with Crippen LogP contribution in [-0.4, -0.2) is 26.4 Å². The zero-order valence-electron chi connectivity index (χ0n) is 10.9. The first-order valence-corrected chi connectivity index (χ1v) is 8.42. The highest BCUT2D eigenvalue weighted by Crippen LogP contribution is 2.16. The average molecular weight is 347 g/mol. The fourth-order valence-corrected chi connectivity index (χ4v) is 3.48. The van der Waals surface area contributed by atoms with E-state index in [1.54, 1.807) is 6.07 Å². The molecule has 0 atom stereocenters. The van der Waals surface area contributed by atoms with E-state index in [9.17, 15) is 13.2 Å². The van der Waals surface area contributed by atoms with Crippen LogP contribution in [-0.2, 0) is 21.4 Å². The van der Waals surface area contributed by atoms with E-state index in [1.165, 1.54) is 42.0 Å².